The number of rotatable bonds is 5. The normalized spacial score (nSPS) is 17.8. The summed E-state index contributed by atoms with van der Waals surface area (Å²) >= 11 is 0. The zero-order chi connectivity index (χ0) is 11.1. The van der Waals surface area contributed by atoms with E-state index in [1.807, 2.05) is 11.0 Å². The lowest BCUT2D eigenvalue weighted by molar-refractivity contribution is -0.132. The highest BCUT2D eigenvalue weighted by atomic mass is 16.2. The minimum Gasteiger partial charge on any atom is -0.340 e. The summed E-state index contributed by atoms with van der Waals surface area (Å²) < 4.78 is 0. The zero-order valence-electron chi connectivity index (χ0n) is 9.32. The molecule has 0 saturated carbocycles. The van der Waals surface area contributed by atoms with Gasteiger partial charge in [-0.25, -0.2) is 0 Å². The number of piperazine rings is 1. The van der Waals surface area contributed by atoms with E-state index >= 15 is 0 Å². The number of hydrogen-bond donors (Lipinski definition) is 1. The average molecular weight is 211 g/mol. The van der Waals surface area contributed by atoms with Crippen LogP contribution in [0.1, 0.15) is 12.8 Å². The summed E-state index contributed by atoms with van der Waals surface area (Å²) in [6.45, 7) is 8.84. The Labute approximate surface area is 91.7 Å². The van der Waals surface area contributed by atoms with E-state index in [9.17, 15) is 4.79 Å². The van der Waals surface area contributed by atoms with Gasteiger partial charge < -0.3 is 10.6 Å². The van der Waals surface area contributed by atoms with Crippen molar-refractivity contribution in [2.75, 3.05) is 39.3 Å². The summed E-state index contributed by atoms with van der Waals surface area (Å²) in [5.74, 6) is 0.249. The fraction of sp³-hybridized carbons (Fsp3) is 0.727. The molecule has 1 aliphatic rings. The molecule has 0 aliphatic carbocycles. The highest BCUT2D eigenvalue weighted by Gasteiger charge is 2.19. The first-order valence-electron chi connectivity index (χ1n) is 5.59. The number of amides is 1. The Kier molecular flexibility index (Phi) is 5.36. The monoisotopic (exact) mass is 211 g/mol. The van der Waals surface area contributed by atoms with Crippen molar-refractivity contribution in [2.24, 2.45) is 5.73 Å². The van der Waals surface area contributed by atoms with Crippen LogP contribution >= 0.6 is 0 Å². The molecule has 0 atom stereocenters. The lowest BCUT2D eigenvalue weighted by atomic mass is 10.2. The molecular weight excluding hydrogens is 190 g/mol. The first-order chi connectivity index (χ1) is 7.27. The molecule has 1 amide bonds. The molecule has 4 heteroatoms. The Bertz CT molecular complexity index is 210. The van der Waals surface area contributed by atoms with Crippen LogP contribution in [0, 0.1) is 0 Å². The first kappa shape index (κ1) is 12.2. The largest absolute Gasteiger partial charge is 0.340 e. The van der Waals surface area contributed by atoms with Crippen molar-refractivity contribution in [3.8, 4) is 0 Å². The van der Waals surface area contributed by atoms with Gasteiger partial charge in [0.25, 0.3) is 0 Å². The van der Waals surface area contributed by atoms with Crippen LogP contribution in [0.15, 0.2) is 12.7 Å². The highest BCUT2D eigenvalue weighted by Crippen LogP contribution is 2.04. The maximum absolute atomic E-state index is 11.7. The summed E-state index contributed by atoms with van der Waals surface area (Å²) in [4.78, 5) is 15.9. The van der Waals surface area contributed by atoms with E-state index in [0.717, 1.165) is 39.1 Å². The van der Waals surface area contributed by atoms with E-state index in [1.165, 1.54) is 0 Å². The highest BCUT2D eigenvalue weighted by molar-refractivity contribution is 5.76. The summed E-state index contributed by atoms with van der Waals surface area (Å²) in [6, 6.07) is 0. The van der Waals surface area contributed by atoms with Gasteiger partial charge in [0.1, 0.15) is 0 Å². The third-order valence-electron chi connectivity index (χ3n) is 2.71. The molecule has 0 aromatic carbocycles. The van der Waals surface area contributed by atoms with Gasteiger partial charge in [0.15, 0.2) is 0 Å². The number of hydrogen-bond acceptors (Lipinski definition) is 3. The van der Waals surface area contributed by atoms with Crippen LogP contribution in [-0.2, 0) is 4.79 Å². The molecule has 15 heavy (non-hydrogen) atoms. The molecule has 0 unspecified atom stereocenters. The van der Waals surface area contributed by atoms with Crippen LogP contribution in [0.25, 0.3) is 0 Å². The van der Waals surface area contributed by atoms with Crippen molar-refractivity contribution >= 4 is 5.91 Å². The van der Waals surface area contributed by atoms with Gasteiger partial charge in [0.2, 0.25) is 5.91 Å². The molecule has 0 spiro atoms. The lowest BCUT2D eigenvalue weighted by Crippen LogP contribution is -2.48. The van der Waals surface area contributed by atoms with Crippen molar-refractivity contribution in [3.05, 3.63) is 12.7 Å². The number of carbonyl (C=O) groups is 1. The molecular formula is C11H21N3O. The van der Waals surface area contributed by atoms with Gasteiger partial charge in [-0.3, -0.25) is 9.69 Å². The molecule has 1 saturated heterocycles. The second kappa shape index (κ2) is 6.58. The minimum atomic E-state index is 0.249. The van der Waals surface area contributed by atoms with Crippen molar-refractivity contribution in [1.82, 2.24) is 9.80 Å². The predicted octanol–water partition coefficient (Wildman–Crippen LogP) is 0.0555. The van der Waals surface area contributed by atoms with Crippen LogP contribution < -0.4 is 5.73 Å². The standard InChI is InChI=1S/C11H21N3O/c1-2-6-13-7-9-14(10-8-13)11(15)4-3-5-12/h2H,1,3-10,12H2. The van der Waals surface area contributed by atoms with Gasteiger partial charge in [-0.15, -0.1) is 6.58 Å². The van der Waals surface area contributed by atoms with Gasteiger partial charge in [0.05, 0.1) is 0 Å². The molecule has 1 heterocycles. The van der Waals surface area contributed by atoms with Crippen molar-refractivity contribution in [1.29, 1.82) is 0 Å². The Morgan fingerprint density at radius 1 is 1.33 bits per heavy atom. The van der Waals surface area contributed by atoms with Gasteiger partial charge in [-0.1, -0.05) is 6.08 Å². The van der Waals surface area contributed by atoms with E-state index in [1.54, 1.807) is 0 Å². The third-order valence-corrected chi connectivity index (χ3v) is 2.71. The zero-order valence-corrected chi connectivity index (χ0v) is 9.32. The van der Waals surface area contributed by atoms with Gasteiger partial charge in [-0.05, 0) is 13.0 Å². The number of carbonyl (C=O) groups excluding carboxylic acids is 1. The fourth-order valence-corrected chi connectivity index (χ4v) is 1.77. The van der Waals surface area contributed by atoms with Crippen molar-refractivity contribution < 1.29 is 4.79 Å². The molecule has 2 N–H and O–H groups in total. The van der Waals surface area contributed by atoms with Crippen LogP contribution in [-0.4, -0.2) is 55.0 Å². The van der Waals surface area contributed by atoms with Crippen molar-refractivity contribution in [2.45, 2.75) is 12.8 Å². The van der Waals surface area contributed by atoms with Gasteiger partial charge in [0, 0.05) is 39.1 Å². The second-order valence-corrected chi connectivity index (χ2v) is 3.86. The molecule has 0 bridgehead atoms. The second-order valence-electron chi connectivity index (χ2n) is 3.86. The molecule has 0 aromatic rings. The van der Waals surface area contributed by atoms with Crippen LogP contribution in [0.4, 0.5) is 0 Å². The van der Waals surface area contributed by atoms with Crippen LogP contribution in [0.3, 0.4) is 0 Å². The Hall–Kier alpha value is -0.870. The van der Waals surface area contributed by atoms with E-state index in [2.05, 4.69) is 11.5 Å². The number of nitrogens with two attached hydrogens (primary N) is 1. The van der Waals surface area contributed by atoms with E-state index < -0.39 is 0 Å². The quantitative estimate of drug-likeness (QED) is 0.654. The third kappa shape index (κ3) is 4.01. The van der Waals surface area contributed by atoms with E-state index in [4.69, 9.17) is 5.73 Å². The molecule has 1 aliphatic heterocycles. The average Bonchev–Trinajstić information content (AvgIpc) is 2.27. The first-order valence-corrected chi connectivity index (χ1v) is 5.59. The van der Waals surface area contributed by atoms with Crippen molar-refractivity contribution in [3.63, 3.8) is 0 Å². The van der Waals surface area contributed by atoms with Crippen LogP contribution in [0.2, 0.25) is 0 Å². The Morgan fingerprint density at radius 3 is 2.53 bits per heavy atom. The summed E-state index contributed by atoms with van der Waals surface area (Å²) in [5.41, 5.74) is 5.38. The van der Waals surface area contributed by atoms with E-state index in [0.29, 0.717) is 13.0 Å². The maximum Gasteiger partial charge on any atom is 0.222 e. The Balaban J connectivity index is 2.24. The summed E-state index contributed by atoms with van der Waals surface area (Å²) in [6.07, 6.45) is 3.30. The predicted molar refractivity (Wildman–Crippen MR) is 61.5 cm³/mol. The molecule has 0 radical (unpaired) electrons. The SMILES string of the molecule is C=CCN1CCN(C(=O)CCCN)CC1. The molecule has 86 valence electrons. The summed E-state index contributed by atoms with van der Waals surface area (Å²) in [5, 5.41) is 0. The smallest absolute Gasteiger partial charge is 0.222 e. The van der Waals surface area contributed by atoms with Gasteiger partial charge >= 0.3 is 0 Å². The molecule has 1 fully saturated rings. The van der Waals surface area contributed by atoms with E-state index in [-0.39, 0.29) is 5.91 Å². The lowest BCUT2D eigenvalue weighted by Gasteiger charge is -2.34. The maximum atomic E-state index is 11.7. The fourth-order valence-electron chi connectivity index (χ4n) is 1.77. The topological polar surface area (TPSA) is 49.6 Å². The molecule has 4 nitrogen and oxygen atoms in total. The number of nitrogens with zero attached hydrogens (tertiary/aromatic N) is 2. The van der Waals surface area contributed by atoms with Gasteiger partial charge in [-0.2, -0.15) is 0 Å². The Morgan fingerprint density at radius 2 is 2.00 bits per heavy atom. The molecule has 1 rings (SSSR count). The van der Waals surface area contributed by atoms with Crippen LogP contribution in [0.5, 0.6) is 0 Å². The molecule has 0 aromatic heterocycles. The summed E-state index contributed by atoms with van der Waals surface area (Å²) in [7, 11) is 0. The minimum absolute atomic E-state index is 0.249.